The summed E-state index contributed by atoms with van der Waals surface area (Å²) in [6.45, 7) is 0. The van der Waals surface area contributed by atoms with Crippen molar-refractivity contribution in [3.8, 4) is 11.1 Å². The molecule has 0 saturated heterocycles. The fourth-order valence-electron chi connectivity index (χ4n) is 1.30. The largest absolute Gasteiger partial charge is 0.298 e. The van der Waals surface area contributed by atoms with Crippen molar-refractivity contribution < 1.29 is 4.79 Å². The van der Waals surface area contributed by atoms with Gasteiger partial charge in [-0.2, -0.15) is 0 Å². The molecule has 1 aromatic carbocycles. The maximum absolute atomic E-state index is 10.4. The lowest BCUT2D eigenvalue weighted by Gasteiger charge is -2.00. The van der Waals surface area contributed by atoms with Gasteiger partial charge in [-0.3, -0.25) is 9.78 Å². The number of carbonyl (C=O) groups excluding carboxylic acids is 1. The van der Waals surface area contributed by atoms with E-state index in [1.807, 2.05) is 36.4 Å². The highest BCUT2D eigenvalue weighted by atomic mass is 35.5. The van der Waals surface area contributed by atoms with Crippen molar-refractivity contribution in [2.45, 2.75) is 0 Å². The van der Waals surface area contributed by atoms with Crippen molar-refractivity contribution in [3.63, 3.8) is 0 Å². The molecule has 2 aromatic rings. The first kappa shape index (κ1) is 11.4. The van der Waals surface area contributed by atoms with Gasteiger partial charge in [-0.25, -0.2) is 0 Å². The molecule has 0 N–H and O–H groups in total. The summed E-state index contributed by atoms with van der Waals surface area (Å²) in [5, 5.41) is 0. The van der Waals surface area contributed by atoms with E-state index in [1.54, 1.807) is 12.4 Å². The Kier molecular flexibility index (Phi) is 4.01. The second-order valence-corrected chi connectivity index (χ2v) is 2.98. The Balaban J connectivity index is 0.00000112. The molecule has 0 aliphatic rings. The number of hydrogen-bond donors (Lipinski definition) is 0. The number of aromatic nitrogens is 1. The zero-order valence-electron chi connectivity index (χ0n) is 7.96. The molecule has 1 aromatic heterocycles. The number of rotatable bonds is 2. The summed E-state index contributed by atoms with van der Waals surface area (Å²) in [5.74, 6) is 0. The zero-order valence-corrected chi connectivity index (χ0v) is 8.78. The summed E-state index contributed by atoms with van der Waals surface area (Å²) in [7, 11) is 0. The highest BCUT2D eigenvalue weighted by Gasteiger charge is 1.95. The molecular weight excluding hydrogens is 210 g/mol. The van der Waals surface area contributed by atoms with Crippen LogP contribution in [-0.4, -0.2) is 11.3 Å². The van der Waals surface area contributed by atoms with Crippen molar-refractivity contribution >= 4 is 18.7 Å². The van der Waals surface area contributed by atoms with E-state index in [0.29, 0.717) is 5.56 Å². The van der Waals surface area contributed by atoms with Crippen LogP contribution >= 0.6 is 12.4 Å². The Morgan fingerprint density at radius 1 is 0.867 bits per heavy atom. The van der Waals surface area contributed by atoms with E-state index in [4.69, 9.17) is 0 Å². The fourth-order valence-corrected chi connectivity index (χ4v) is 1.30. The molecule has 0 amide bonds. The number of nitrogens with zero attached hydrogens (tertiary/aromatic N) is 1. The minimum atomic E-state index is 0. The van der Waals surface area contributed by atoms with Gasteiger partial charge in [-0.05, 0) is 23.3 Å². The molecule has 0 atom stereocenters. The van der Waals surface area contributed by atoms with Crippen molar-refractivity contribution in [2.24, 2.45) is 0 Å². The molecule has 0 saturated carbocycles. The first-order chi connectivity index (χ1) is 6.90. The molecule has 0 unspecified atom stereocenters. The second kappa shape index (κ2) is 5.27. The Labute approximate surface area is 94.4 Å². The van der Waals surface area contributed by atoms with Gasteiger partial charge < -0.3 is 0 Å². The standard InChI is InChI=1S/C12H9NO.ClH/c14-9-10-1-3-11(4-2-10)12-5-7-13-8-6-12;/h1-9H;1H. The van der Waals surface area contributed by atoms with E-state index in [9.17, 15) is 4.79 Å². The topological polar surface area (TPSA) is 30.0 Å². The third kappa shape index (κ3) is 2.64. The van der Waals surface area contributed by atoms with Crippen LogP contribution in [0.4, 0.5) is 0 Å². The number of carbonyl (C=O) groups is 1. The van der Waals surface area contributed by atoms with Crippen LogP contribution in [0.5, 0.6) is 0 Å². The number of benzene rings is 1. The molecule has 0 fully saturated rings. The molecule has 2 rings (SSSR count). The van der Waals surface area contributed by atoms with Crippen molar-refractivity contribution in [3.05, 3.63) is 54.4 Å². The van der Waals surface area contributed by atoms with Gasteiger partial charge in [0.25, 0.3) is 0 Å². The highest BCUT2D eigenvalue weighted by Crippen LogP contribution is 2.17. The van der Waals surface area contributed by atoms with Crippen molar-refractivity contribution in [1.29, 1.82) is 0 Å². The summed E-state index contributed by atoms with van der Waals surface area (Å²) >= 11 is 0. The first-order valence-electron chi connectivity index (χ1n) is 4.36. The van der Waals surface area contributed by atoms with E-state index >= 15 is 0 Å². The van der Waals surface area contributed by atoms with Crippen LogP contribution in [0.15, 0.2) is 48.8 Å². The van der Waals surface area contributed by atoms with Gasteiger partial charge in [0.2, 0.25) is 0 Å². The van der Waals surface area contributed by atoms with Gasteiger partial charge in [-0.15, -0.1) is 12.4 Å². The Bertz CT molecular complexity index is 425. The SMILES string of the molecule is Cl.O=Cc1ccc(-c2ccncc2)cc1. The minimum absolute atomic E-state index is 0. The summed E-state index contributed by atoms with van der Waals surface area (Å²) in [4.78, 5) is 14.4. The third-order valence-electron chi connectivity index (χ3n) is 2.06. The van der Waals surface area contributed by atoms with Gasteiger partial charge >= 0.3 is 0 Å². The van der Waals surface area contributed by atoms with E-state index < -0.39 is 0 Å². The lowest BCUT2D eigenvalue weighted by molar-refractivity contribution is 0.112. The van der Waals surface area contributed by atoms with Crippen LogP contribution in [0.3, 0.4) is 0 Å². The minimum Gasteiger partial charge on any atom is -0.298 e. The smallest absolute Gasteiger partial charge is 0.150 e. The van der Waals surface area contributed by atoms with Gasteiger partial charge in [-0.1, -0.05) is 24.3 Å². The zero-order chi connectivity index (χ0) is 9.80. The summed E-state index contributed by atoms with van der Waals surface area (Å²) < 4.78 is 0. The van der Waals surface area contributed by atoms with Crippen LogP contribution in [0.25, 0.3) is 11.1 Å². The van der Waals surface area contributed by atoms with Crippen molar-refractivity contribution in [1.82, 2.24) is 4.98 Å². The van der Waals surface area contributed by atoms with E-state index in [-0.39, 0.29) is 12.4 Å². The predicted octanol–water partition coefficient (Wildman–Crippen LogP) is 2.98. The molecule has 0 bridgehead atoms. The van der Waals surface area contributed by atoms with E-state index in [0.717, 1.165) is 17.4 Å². The normalized spacial score (nSPS) is 9.07. The molecule has 1 heterocycles. The second-order valence-electron chi connectivity index (χ2n) is 2.98. The van der Waals surface area contributed by atoms with Gasteiger partial charge in [0.05, 0.1) is 0 Å². The number of hydrogen-bond acceptors (Lipinski definition) is 2. The molecule has 0 spiro atoms. The summed E-state index contributed by atoms with van der Waals surface area (Å²) in [6, 6.07) is 11.4. The average molecular weight is 220 g/mol. The summed E-state index contributed by atoms with van der Waals surface area (Å²) in [5.41, 5.74) is 2.90. The van der Waals surface area contributed by atoms with E-state index in [2.05, 4.69) is 4.98 Å². The maximum atomic E-state index is 10.4. The average Bonchev–Trinajstić information content (AvgIpc) is 2.30. The number of halogens is 1. The monoisotopic (exact) mass is 219 g/mol. The Hall–Kier alpha value is -1.67. The molecular formula is C12H10ClNO. The Morgan fingerprint density at radius 3 is 1.93 bits per heavy atom. The van der Waals surface area contributed by atoms with Gasteiger partial charge in [0.1, 0.15) is 6.29 Å². The molecule has 15 heavy (non-hydrogen) atoms. The number of aldehydes is 1. The molecule has 0 aliphatic carbocycles. The number of pyridine rings is 1. The van der Waals surface area contributed by atoms with Crippen molar-refractivity contribution in [2.75, 3.05) is 0 Å². The predicted molar refractivity (Wildman–Crippen MR) is 62.3 cm³/mol. The third-order valence-corrected chi connectivity index (χ3v) is 2.06. The van der Waals surface area contributed by atoms with Gasteiger partial charge in [0, 0.05) is 18.0 Å². The van der Waals surface area contributed by atoms with Crippen LogP contribution in [0.2, 0.25) is 0 Å². The quantitative estimate of drug-likeness (QED) is 0.727. The lowest BCUT2D eigenvalue weighted by atomic mass is 10.1. The van der Waals surface area contributed by atoms with Crippen LogP contribution < -0.4 is 0 Å². The first-order valence-corrected chi connectivity index (χ1v) is 4.36. The molecule has 2 nitrogen and oxygen atoms in total. The highest BCUT2D eigenvalue weighted by molar-refractivity contribution is 5.85. The molecule has 3 heteroatoms. The Morgan fingerprint density at radius 2 is 1.40 bits per heavy atom. The maximum Gasteiger partial charge on any atom is 0.150 e. The lowest BCUT2D eigenvalue weighted by Crippen LogP contribution is -1.81. The van der Waals surface area contributed by atoms with Crippen LogP contribution in [-0.2, 0) is 0 Å². The summed E-state index contributed by atoms with van der Waals surface area (Å²) in [6.07, 6.45) is 4.35. The molecule has 76 valence electrons. The fraction of sp³-hybridized carbons (Fsp3) is 0. The molecule has 0 aliphatic heterocycles. The van der Waals surface area contributed by atoms with Gasteiger partial charge in [0.15, 0.2) is 0 Å². The van der Waals surface area contributed by atoms with Crippen LogP contribution in [0, 0.1) is 0 Å². The van der Waals surface area contributed by atoms with Crippen LogP contribution in [0.1, 0.15) is 10.4 Å². The van der Waals surface area contributed by atoms with E-state index in [1.165, 1.54) is 0 Å². The molecule has 0 radical (unpaired) electrons.